The van der Waals surface area contributed by atoms with Gasteiger partial charge in [-0.3, -0.25) is 4.99 Å². The number of likely N-dealkylation sites (tertiary alicyclic amines) is 1. The van der Waals surface area contributed by atoms with Gasteiger partial charge in [0.25, 0.3) is 0 Å². The zero-order valence-electron chi connectivity index (χ0n) is 18.9. The molecule has 0 radical (unpaired) electrons. The molecule has 2 saturated heterocycles. The van der Waals surface area contributed by atoms with E-state index < -0.39 is 10.0 Å². The number of ether oxygens (including phenoxy) is 1. The van der Waals surface area contributed by atoms with E-state index in [2.05, 4.69) is 39.1 Å². The molecule has 30 heavy (non-hydrogen) atoms. The summed E-state index contributed by atoms with van der Waals surface area (Å²) in [5.74, 6) is 1.39. The van der Waals surface area contributed by atoms with Crippen LogP contribution in [-0.4, -0.2) is 83.1 Å². The fourth-order valence-corrected chi connectivity index (χ4v) is 4.74. The van der Waals surface area contributed by atoms with Crippen molar-refractivity contribution >= 4 is 40.0 Å². The van der Waals surface area contributed by atoms with Crippen molar-refractivity contribution in [1.82, 2.24) is 20.3 Å². The maximum Gasteiger partial charge on any atom is 0.213 e. The molecule has 0 aromatic heterocycles. The number of aliphatic imine (C=N–C) groups is 1. The summed E-state index contributed by atoms with van der Waals surface area (Å²) in [6.45, 7) is 11.9. The number of rotatable bonds is 10. The molecule has 0 saturated carbocycles. The molecule has 2 aliphatic rings. The summed E-state index contributed by atoms with van der Waals surface area (Å²) < 4.78 is 32.7. The summed E-state index contributed by atoms with van der Waals surface area (Å²) in [6, 6.07) is 0.384. The minimum absolute atomic E-state index is 0. The van der Waals surface area contributed by atoms with Crippen LogP contribution in [0.4, 0.5) is 0 Å². The van der Waals surface area contributed by atoms with E-state index in [9.17, 15) is 8.42 Å². The molecular formula is C20H42IN5O3S. The van der Waals surface area contributed by atoms with E-state index in [1.54, 1.807) is 0 Å². The SMILES string of the molecule is CCNC(=NCCS(=O)(=O)NCC1CCCCO1)NC1CCN(CC(C)C)CC1.I. The summed E-state index contributed by atoms with van der Waals surface area (Å²) in [7, 11) is -3.34. The third-order valence-electron chi connectivity index (χ3n) is 5.33. The molecule has 0 amide bonds. The molecule has 2 aliphatic heterocycles. The highest BCUT2D eigenvalue weighted by atomic mass is 127. The van der Waals surface area contributed by atoms with Crippen molar-refractivity contribution in [3.8, 4) is 0 Å². The highest BCUT2D eigenvalue weighted by Gasteiger charge is 2.21. The first-order valence-corrected chi connectivity index (χ1v) is 12.9. The Kier molecular flexibility index (Phi) is 13.8. The molecule has 8 nitrogen and oxygen atoms in total. The van der Waals surface area contributed by atoms with E-state index in [1.807, 2.05) is 6.92 Å². The van der Waals surface area contributed by atoms with E-state index in [1.165, 1.54) is 0 Å². The summed E-state index contributed by atoms with van der Waals surface area (Å²) >= 11 is 0. The van der Waals surface area contributed by atoms with Crippen LogP contribution in [0.5, 0.6) is 0 Å². The predicted molar refractivity (Wildman–Crippen MR) is 134 cm³/mol. The lowest BCUT2D eigenvalue weighted by Crippen LogP contribution is -2.49. The first-order valence-electron chi connectivity index (χ1n) is 11.2. The van der Waals surface area contributed by atoms with Crippen molar-refractivity contribution in [3.63, 3.8) is 0 Å². The van der Waals surface area contributed by atoms with Gasteiger partial charge in [0, 0.05) is 45.4 Å². The lowest BCUT2D eigenvalue weighted by atomic mass is 10.0. The Hall–Kier alpha value is -0.170. The third-order valence-corrected chi connectivity index (χ3v) is 6.66. The maximum atomic E-state index is 12.2. The van der Waals surface area contributed by atoms with E-state index in [-0.39, 0.29) is 42.4 Å². The second-order valence-electron chi connectivity index (χ2n) is 8.53. The van der Waals surface area contributed by atoms with Gasteiger partial charge in [-0.1, -0.05) is 13.8 Å². The second-order valence-corrected chi connectivity index (χ2v) is 10.5. The largest absolute Gasteiger partial charge is 0.377 e. The Morgan fingerprint density at radius 1 is 1.20 bits per heavy atom. The number of nitrogens with one attached hydrogen (secondary N) is 3. The normalized spacial score (nSPS) is 22.0. The van der Waals surface area contributed by atoms with Crippen LogP contribution in [-0.2, 0) is 14.8 Å². The van der Waals surface area contributed by atoms with Gasteiger partial charge in [0.15, 0.2) is 5.96 Å². The molecule has 3 N–H and O–H groups in total. The van der Waals surface area contributed by atoms with Gasteiger partial charge in [0.2, 0.25) is 10.0 Å². The van der Waals surface area contributed by atoms with Crippen LogP contribution in [0.25, 0.3) is 0 Å². The van der Waals surface area contributed by atoms with E-state index >= 15 is 0 Å². The minimum atomic E-state index is -3.34. The molecule has 10 heteroatoms. The van der Waals surface area contributed by atoms with Gasteiger partial charge >= 0.3 is 0 Å². The van der Waals surface area contributed by atoms with E-state index in [0.717, 1.165) is 64.9 Å². The van der Waals surface area contributed by atoms with E-state index in [0.29, 0.717) is 24.5 Å². The van der Waals surface area contributed by atoms with Crippen LogP contribution < -0.4 is 15.4 Å². The standard InChI is InChI=1S/C20H41N5O3S.HI/c1-4-21-20(24-18-8-11-25(12-9-18)16-17(2)3)22-10-14-29(26,27)23-15-19-7-5-6-13-28-19;/h17-19,23H,4-16H2,1-3H3,(H2,21,22,24);1H. The first kappa shape index (κ1) is 27.9. The topological polar surface area (TPSA) is 95.1 Å². The number of hydrogen-bond acceptors (Lipinski definition) is 5. The number of guanidine groups is 1. The number of sulfonamides is 1. The molecule has 178 valence electrons. The lowest BCUT2D eigenvalue weighted by Gasteiger charge is -2.34. The van der Waals surface area contributed by atoms with Gasteiger partial charge in [0.05, 0.1) is 18.4 Å². The Balaban J connectivity index is 0.00000450. The maximum absolute atomic E-state index is 12.2. The molecular weight excluding hydrogens is 517 g/mol. The molecule has 1 unspecified atom stereocenters. The summed E-state index contributed by atoms with van der Waals surface area (Å²) in [4.78, 5) is 7.00. The first-order chi connectivity index (χ1) is 13.9. The van der Waals surface area contributed by atoms with Crippen molar-refractivity contribution < 1.29 is 13.2 Å². The second kappa shape index (κ2) is 14.8. The lowest BCUT2D eigenvalue weighted by molar-refractivity contribution is 0.0200. The molecule has 2 rings (SSSR count). The predicted octanol–water partition coefficient (Wildman–Crippen LogP) is 1.77. The number of piperidine rings is 1. The average molecular weight is 560 g/mol. The van der Waals surface area contributed by atoms with Crippen LogP contribution in [0.3, 0.4) is 0 Å². The van der Waals surface area contributed by atoms with Crippen LogP contribution in [0.2, 0.25) is 0 Å². The molecule has 1 atom stereocenters. The number of halogens is 1. The van der Waals surface area contributed by atoms with Gasteiger partial charge in [-0.25, -0.2) is 13.1 Å². The van der Waals surface area contributed by atoms with Crippen molar-refractivity contribution in [1.29, 1.82) is 0 Å². The quantitative estimate of drug-likeness (QED) is 0.215. The minimum Gasteiger partial charge on any atom is -0.377 e. The molecule has 2 fully saturated rings. The Morgan fingerprint density at radius 3 is 2.53 bits per heavy atom. The number of hydrogen-bond donors (Lipinski definition) is 3. The molecule has 0 aliphatic carbocycles. The van der Waals surface area contributed by atoms with Crippen molar-refractivity contribution in [2.24, 2.45) is 10.9 Å². The monoisotopic (exact) mass is 559 g/mol. The van der Waals surface area contributed by atoms with Gasteiger partial charge < -0.3 is 20.3 Å². The molecule has 0 aromatic rings. The Labute approximate surface area is 200 Å². The Morgan fingerprint density at radius 2 is 1.93 bits per heavy atom. The average Bonchev–Trinajstić information content (AvgIpc) is 2.68. The molecule has 0 aromatic carbocycles. The fourth-order valence-electron chi connectivity index (χ4n) is 3.83. The van der Waals surface area contributed by atoms with Gasteiger partial charge in [0.1, 0.15) is 0 Å². The molecule has 0 bridgehead atoms. The highest BCUT2D eigenvalue weighted by molar-refractivity contribution is 14.0. The van der Waals surface area contributed by atoms with Crippen LogP contribution in [0, 0.1) is 5.92 Å². The fraction of sp³-hybridized carbons (Fsp3) is 0.950. The summed E-state index contributed by atoms with van der Waals surface area (Å²) in [6.07, 6.45) is 5.25. The third kappa shape index (κ3) is 11.4. The van der Waals surface area contributed by atoms with Crippen LogP contribution >= 0.6 is 24.0 Å². The van der Waals surface area contributed by atoms with Gasteiger partial charge in [-0.15, -0.1) is 24.0 Å². The van der Waals surface area contributed by atoms with Crippen molar-refractivity contribution in [2.75, 3.05) is 51.6 Å². The molecule has 2 heterocycles. The number of nitrogens with zero attached hydrogens (tertiary/aromatic N) is 2. The van der Waals surface area contributed by atoms with Crippen molar-refractivity contribution in [3.05, 3.63) is 0 Å². The zero-order valence-corrected chi connectivity index (χ0v) is 22.0. The highest BCUT2D eigenvalue weighted by Crippen LogP contribution is 2.13. The van der Waals surface area contributed by atoms with Gasteiger partial charge in [-0.2, -0.15) is 0 Å². The van der Waals surface area contributed by atoms with E-state index in [4.69, 9.17) is 4.74 Å². The zero-order chi connectivity index (χ0) is 21.1. The smallest absolute Gasteiger partial charge is 0.213 e. The molecule has 0 spiro atoms. The van der Waals surface area contributed by atoms with Crippen LogP contribution in [0.1, 0.15) is 52.9 Å². The summed E-state index contributed by atoms with van der Waals surface area (Å²) in [5.41, 5.74) is 0. The van der Waals surface area contributed by atoms with Crippen LogP contribution in [0.15, 0.2) is 4.99 Å². The van der Waals surface area contributed by atoms with Gasteiger partial charge in [-0.05, 0) is 44.9 Å². The van der Waals surface area contributed by atoms with Crippen molar-refractivity contribution in [2.45, 2.75) is 65.0 Å². The summed E-state index contributed by atoms with van der Waals surface area (Å²) in [5, 5.41) is 6.71. The Bertz CT molecular complexity index is 589.